The minimum absolute atomic E-state index is 0.261. The maximum Gasteiger partial charge on any atom is 0.282 e. The van der Waals surface area contributed by atoms with E-state index in [0.29, 0.717) is 33.3 Å². The molecule has 0 atom stereocenters. The Bertz CT molecular complexity index is 1280. The van der Waals surface area contributed by atoms with Crippen LogP contribution in [0.3, 0.4) is 0 Å². The highest BCUT2D eigenvalue weighted by Crippen LogP contribution is 2.17. The molecule has 0 aliphatic heterocycles. The number of fused-ring (bicyclic) bond motifs is 1. The standard InChI is InChI=1S/C22H16ClN5O/c1-15-24-20-10-6-5-9-19(20)22(29)28(15)27-21(16-7-3-2-4-8-16)26-25-18-13-11-17(23)12-14-18/h2-14H,1H3/b26-25?,27-21-. The number of aryl methyl sites for hydroxylation is 1. The van der Waals surface area contributed by atoms with Crippen LogP contribution < -0.4 is 5.56 Å². The van der Waals surface area contributed by atoms with Crippen molar-refractivity contribution in [2.24, 2.45) is 15.3 Å². The maximum atomic E-state index is 13.0. The molecule has 0 aliphatic rings. The van der Waals surface area contributed by atoms with Gasteiger partial charge in [-0.2, -0.15) is 4.68 Å². The summed E-state index contributed by atoms with van der Waals surface area (Å²) < 4.78 is 1.26. The molecule has 7 heteroatoms. The van der Waals surface area contributed by atoms with E-state index in [1.807, 2.05) is 36.4 Å². The van der Waals surface area contributed by atoms with Gasteiger partial charge in [-0.15, -0.1) is 15.3 Å². The van der Waals surface area contributed by atoms with Crippen molar-refractivity contribution in [2.45, 2.75) is 6.92 Å². The topological polar surface area (TPSA) is 72.0 Å². The van der Waals surface area contributed by atoms with Crippen molar-refractivity contribution in [2.75, 3.05) is 0 Å². The van der Waals surface area contributed by atoms with E-state index in [9.17, 15) is 4.79 Å². The second-order valence-electron chi connectivity index (χ2n) is 6.26. The number of azo groups is 1. The Labute approximate surface area is 171 Å². The van der Waals surface area contributed by atoms with Crippen LogP contribution in [0.4, 0.5) is 5.69 Å². The molecule has 0 bridgehead atoms. The van der Waals surface area contributed by atoms with Crippen LogP contribution in [-0.4, -0.2) is 15.5 Å². The van der Waals surface area contributed by atoms with Gasteiger partial charge in [-0.3, -0.25) is 4.79 Å². The predicted octanol–water partition coefficient (Wildman–Crippen LogP) is 5.35. The highest BCUT2D eigenvalue weighted by atomic mass is 35.5. The largest absolute Gasteiger partial charge is 0.282 e. The molecule has 0 saturated carbocycles. The zero-order valence-corrected chi connectivity index (χ0v) is 16.3. The Morgan fingerprint density at radius 3 is 2.38 bits per heavy atom. The molecule has 0 spiro atoms. The average molecular weight is 402 g/mol. The number of hydrogen-bond acceptors (Lipinski definition) is 4. The van der Waals surface area contributed by atoms with Crippen molar-refractivity contribution >= 4 is 34.0 Å². The summed E-state index contributed by atoms with van der Waals surface area (Å²) in [6.07, 6.45) is 0. The summed E-state index contributed by atoms with van der Waals surface area (Å²) in [6, 6.07) is 23.5. The molecule has 29 heavy (non-hydrogen) atoms. The smallest absolute Gasteiger partial charge is 0.267 e. The van der Waals surface area contributed by atoms with Crippen LogP contribution in [0, 0.1) is 6.92 Å². The molecule has 0 amide bonds. The fourth-order valence-corrected chi connectivity index (χ4v) is 2.91. The summed E-state index contributed by atoms with van der Waals surface area (Å²) in [6.45, 7) is 1.73. The van der Waals surface area contributed by atoms with Gasteiger partial charge in [-0.1, -0.05) is 54.1 Å². The molecule has 0 N–H and O–H groups in total. The zero-order valence-electron chi connectivity index (χ0n) is 15.5. The number of hydrogen-bond donors (Lipinski definition) is 0. The highest BCUT2D eigenvalue weighted by Gasteiger charge is 2.10. The van der Waals surface area contributed by atoms with Gasteiger partial charge in [0.05, 0.1) is 16.6 Å². The van der Waals surface area contributed by atoms with Crippen LogP contribution in [0.25, 0.3) is 10.9 Å². The van der Waals surface area contributed by atoms with Gasteiger partial charge in [0.1, 0.15) is 5.82 Å². The lowest BCUT2D eigenvalue weighted by Crippen LogP contribution is -2.22. The van der Waals surface area contributed by atoms with Gasteiger partial charge in [0.2, 0.25) is 5.84 Å². The van der Waals surface area contributed by atoms with Crippen molar-refractivity contribution in [1.29, 1.82) is 0 Å². The van der Waals surface area contributed by atoms with Gasteiger partial charge in [0.15, 0.2) is 0 Å². The Kier molecular flexibility index (Phi) is 5.27. The molecule has 4 aromatic rings. The predicted molar refractivity (Wildman–Crippen MR) is 115 cm³/mol. The molecule has 0 radical (unpaired) electrons. The van der Waals surface area contributed by atoms with E-state index >= 15 is 0 Å². The van der Waals surface area contributed by atoms with E-state index in [0.717, 1.165) is 5.56 Å². The van der Waals surface area contributed by atoms with Crippen LogP contribution in [0.1, 0.15) is 11.4 Å². The number of aromatic nitrogens is 2. The second-order valence-corrected chi connectivity index (χ2v) is 6.70. The molecule has 0 fully saturated rings. The van der Waals surface area contributed by atoms with Gasteiger partial charge in [-0.25, -0.2) is 4.98 Å². The number of amidine groups is 1. The number of halogens is 1. The lowest BCUT2D eigenvalue weighted by molar-refractivity contribution is 0.764. The van der Waals surface area contributed by atoms with Gasteiger partial charge in [0, 0.05) is 10.6 Å². The first-order valence-corrected chi connectivity index (χ1v) is 9.30. The first-order chi connectivity index (χ1) is 14.1. The fraction of sp³-hybridized carbons (Fsp3) is 0.0455. The van der Waals surface area contributed by atoms with Crippen LogP contribution in [0.15, 0.2) is 99.0 Å². The molecule has 0 aliphatic carbocycles. The first-order valence-electron chi connectivity index (χ1n) is 8.92. The van der Waals surface area contributed by atoms with Crippen molar-refractivity contribution in [1.82, 2.24) is 9.66 Å². The summed E-state index contributed by atoms with van der Waals surface area (Å²) in [5, 5.41) is 14.1. The van der Waals surface area contributed by atoms with Gasteiger partial charge < -0.3 is 0 Å². The third-order valence-corrected chi connectivity index (χ3v) is 4.48. The van der Waals surface area contributed by atoms with E-state index in [4.69, 9.17) is 11.6 Å². The summed E-state index contributed by atoms with van der Waals surface area (Å²) in [7, 11) is 0. The molecule has 6 nitrogen and oxygen atoms in total. The van der Waals surface area contributed by atoms with E-state index in [-0.39, 0.29) is 5.56 Å². The summed E-state index contributed by atoms with van der Waals surface area (Å²) in [5.41, 5.74) is 1.72. The molecule has 0 unspecified atom stereocenters. The molecule has 142 valence electrons. The van der Waals surface area contributed by atoms with Crippen molar-refractivity contribution < 1.29 is 0 Å². The van der Waals surface area contributed by atoms with Crippen LogP contribution in [-0.2, 0) is 0 Å². The Morgan fingerprint density at radius 1 is 0.931 bits per heavy atom. The van der Waals surface area contributed by atoms with Gasteiger partial charge in [0.25, 0.3) is 5.56 Å². The fourth-order valence-electron chi connectivity index (χ4n) is 2.78. The Balaban J connectivity index is 1.85. The number of rotatable bonds is 3. The highest BCUT2D eigenvalue weighted by molar-refractivity contribution is 6.30. The van der Waals surface area contributed by atoms with E-state index < -0.39 is 0 Å². The quantitative estimate of drug-likeness (QED) is 0.263. The lowest BCUT2D eigenvalue weighted by atomic mass is 10.2. The monoisotopic (exact) mass is 401 g/mol. The molecule has 0 saturated heterocycles. The lowest BCUT2D eigenvalue weighted by Gasteiger charge is -2.07. The van der Waals surface area contributed by atoms with Crippen LogP contribution in [0.2, 0.25) is 5.02 Å². The van der Waals surface area contributed by atoms with E-state index in [1.54, 1.807) is 49.4 Å². The molecular formula is C22H16ClN5O. The number of benzene rings is 3. The van der Waals surface area contributed by atoms with E-state index in [2.05, 4.69) is 20.3 Å². The molecule has 4 rings (SSSR count). The molecule has 1 aromatic heterocycles. The first kappa shape index (κ1) is 18.7. The SMILES string of the molecule is Cc1nc2ccccc2c(=O)n1/N=C(\N=Nc1ccc(Cl)cc1)c1ccccc1. The number of para-hydroxylation sites is 1. The summed E-state index contributed by atoms with van der Waals surface area (Å²) in [5.74, 6) is 0.756. The third kappa shape index (κ3) is 4.12. The summed E-state index contributed by atoms with van der Waals surface area (Å²) in [4.78, 5) is 17.4. The second kappa shape index (κ2) is 8.16. The normalized spacial score (nSPS) is 12.0. The van der Waals surface area contributed by atoms with Crippen molar-refractivity contribution in [3.05, 3.63) is 106 Å². The van der Waals surface area contributed by atoms with E-state index in [1.165, 1.54) is 4.68 Å². The summed E-state index contributed by atoms with van der Waals surface area (Å²) >= 11 is 5.92. The zero-order chi connectivity index (χ0) is 20.2. The minimum Gasteiger partial charge on any atom is -0.267 e. The number of nitrogens with zero attached hydrogens (tertiary/aromatic N) is 5. The Morgan fingerprint density at radius 2 is 1.62 bits per heavy atom. The van der Waals surface area contributed by atoms with Gasteiger partial charge in [-0.05, 0) is 43.3 Å². The Hall–Kier alpha value is -3.64. The molecule has 3 aromatic carbocycles. The maximum absolute atomic E-state index is 13.0. The van der Waals surface area contributed by atoms with Gasteiger partial charge >= 0.3 is 0 Å². The molecular weight excluding hydrogens is 386 g/mol. The average Bonchev–Trinajstić information content (AvgIpc) is 2.75. The van der Waals surface area contributed by atoms with Crippen LogP contribution >= 0.6 is 11.6 Å². The van der Waals surface area contributed by atoms with Crippen molar-refractivity contribution in [3.63, 3.8) is 0 Å². The van der Waals surface area contributed by atoms with Crippen LogP contribution in [0.5, 0.6) is 0 Å². The molecule has 1 heterocycles. The van der Waals surface area contributed by atoms with Crippen molar-refractivity contribution in [3.8, 4) is 0 Å². The minimum atomic E-state index is -0.261. The third-order valence-electron chi connectivity index (χ3n) is 4.23.